The number of thioether (sulfide) groups is 1. The van der Waals surface area contributed by atoms with Gasteiger partial charge in [0.05, 0.1) is 19.0 Å². The molecule has 7 nitrogen and oxygen atoms in total. The number of rotatable bonds is 11. The second-order valence-electron chi connectivity index (χ2n) is 6.92. The topological polar surface area (TPSA) is 92.9 Å². The zero-order chi connectivity index (χ0) is 22.6. The third-order valence-electron chi connectivity index (χ3n) is 4.31. The van der Waals surface area contributed by atoms with Gasteiger partial charge in [0.1, 0.15) is 11.5 Å². The van der Waals surface area contributed by atoms with Crippen LogP contribution in [0.2, 0.25) is 0 Å². The van der Waals surface area contributed by atoms with Crippen molar-refractivity contribution in [2.75, 3.05) is 12.4 Å². The van der Waals surface area contributed by atoms with E-state index in [0.29, 0.717) is 30.2 Å². The van der Waals surface area contributed by atoms with E-state index in [0.717, 1.165) is 10.5 Å². The van der Waals surface area contributed by atoms with Crippen molar-refractivity contribution in [3.63, 3.8) is 0 Å². The number of furan rings is 1. The number of hydrogen-bond donors (Lipinski definition) is 2. The van der Waals surface area contributed by atoms with E-state index < -0.39 is 0 Å². The number of carbonyl (C=O) groups is 2. The van der Waals surface area contributed by atoms with Gasteiger partial charge in [-0.25, -0.2) is 5.43 Å². The van der Waals surface area contributed by atoms with Crippen LogP contribution in [0.4, 0.5) is 0 Å². The highest BCUT2D eigenvalue weighted by molar-refractivity contribution is 7.99. The molecule has 0 radical (unpaired) electrons. The minimum Gasteiger partial charge on any atom is -0.484 e. The Bertz CT molecular complexity index is 1020. The lowest BCUT2D eigenvalue weighted by Crippen LogP contribution is -2.28. The summed E-state index contributed by atoms with van der Waals surface area (Å²) in [5, 5.41) is 6.69. The summed E-state index contributed by atoms with van der Waals surface area (Å²) in [5.41, 5.74) is 4.55. The zero-order valence-electron chi connectivity index (χ0n) is 17.7. The summed E-state index contributed by atoms with van der Waals surface area (Å²) >= 11 is 1.64. The molecule has 0 fully saturated rings. The van der Waals surface area contributed by atoms with Gasteiger partial charge in [-0.05, 0) is 61.0 Å². The van der Waals surface area contributed by atoms with Gasteiger partial charge in [0.25, 0.3) is 5.91 Å². The van der Waals surface area contributed by atoms with Crippen molar-refractivity contribution < 1.29 is 18.7 Å². The standard InChI is InChI=1S/C24H25N3O4S/c1-18-4-10-22(11-5-18)32-14-12-23(28)27-26-15-19-6-8-20(9-7-19)31-17-24(29)25-16-21-3-2-13-30-21/h2-11,13,15H,12,14,16-17H2,1H3,(H,25,29)(H,27,28)/b26-15-. The van der Waals surface area contributed by atoms with Gasteiger partial charge in [-0.15, -0.1) is 11.8 Å². The molecule has 0 aliphatic carbocycles. The largest absolute Gasteiger partial charge is 0.484 e. The number of hydrazone groups is 1. The van der Waals surface area contributed by atoms with E-state index in [1.54, 1.807) is 60.6 Å². The second kappa shape index (κ2) is 12.4. The Morgan fingerprint density at radius 1 is 1.06 bits per heavy atom. The third-order valence-corrected chi connectivity index (χ3v) is 5.33. The quantitative estimate of drug-likeness (QED) is 0.262. The fourth-order valence-corrected chi connectivity index (χ4v) is 3.43. The van der Waals surface area contributed by atoms with Gasteiger partial charge >= 0.3 is 0 Å². The maximum absolute atomic E-state index is 11.9. The van der Waals surface area contributed by atoms with Crippen LogP contribution in [0.3, 0.4) is 0 Å². The molecule has 0 aliphatic rings. The van der Waals surface area contributed by atoms with Gasteiger partial charge in [-0.1, -0.05) is 17.7 Å². The first kappa shape index (κ1) is 23.1. The van der Waals surface area contributed by atoms with Crippen molar-refractivity contribution in [3.8, 4) is 5.75 Å². The number of nitrogens with one attached hydrogen (secondary N) is 2. The fourth-order valence-electron chi connectivity index (χ4n) is 2.58. The average molecular weight is 452 g/mol. The normalized spacial score (nSPS) is 10.8. The van der Waals surface area contributed by atoms with Crippen molar-refractivity contribution in [1.82, 2.24) is 10.7 Å². The smallest absolute Gasteiger partial charge is 0.258 e. The van der Waals surface area contributed by atoms with Gasteiger partial charge in [-0.2, -0.15) is 5.10 Å². The predicted octanol–water partition coefficient (Wildman–Crippen LogP) is 3.92. The molecule has 0 saturated carbocycles. The number of hydrogen-bond acceptors (Lipinski definition) is 6. The van der Waals surface area contributed by atoms with Gasteiger partial charge in [0.2, 0.25) is 5.91 Å². The Hall–Kier alpha value is -3.52. The summed E-state index contributed by atoms with van der Waals surface area (Å²) in [6, 6.07) is 18.8. The lowest BCUT2D eigenvalue weighted by atomic mass is 10.2. The first-order valence-corrected chi connectivity index (χ1v) is 11.1. The lowest BCUT2D eigenvalue weighted by molar-refractivity contribution is -0.123. The number of ether oxygens (including phenoxy) is 1. The van der Waals surface area contributed by atoms with Crippen molar-refractivity contribution in [2.45, 2.75) is 24.8 Å². The minimum absolute atomic E-state index is 0.0925. The highest BCUT2D eigenvalue weighted by Gasteiger charge is 2.04. The molecule has 0 bridgehead atoms. The minimum atomic E-state index is -0.240. The molecule has 2 aromatic carbocycles. The van der Waals surface area contributed by atoms with Gasteiger partial charge in [0, 0.05) is 17.1 Å². The monoisotopic (exact) mass is 451 g/mol. The number of amides is 2. The average Bonchev–Trinajstić information content (AvgIpc) is 3.32. The summed E-state index contributed by atoms with van der Waals surface area (Å²) in [7, 11) is 0. The van der Waals surface area contributed by atoms with Crippen LogP contribution in [0, 0.1) is 6.92 Å². The van der Waals surface area contributed by atoms with Crippen LogP contribution in [0.15, 0.2) is 81.3 Å². The molecule has 0 unspecified atom stereocenters. The Kier molecular flexibility index (Phi) is 8.94. The van der Waals surface area contributed by atoms with E-state index in [1.807, 2.05) is 6.92 Å². The van der Waals surface area contributed by atoms with Crippen molar-refractivity contribution in [1.29, 1.82) is 0 Å². The second-order valence-corrected chi connectivity index (χ2v) is 8.09. The summed E-state index contributed by atoms with van der Waals surface area (Å²) in [6.07, 6.45) is 3.50. The molecule has 1 heterocycles. The van der Waals surface area contributed by atoms with Crippen molar-refractivity contribution >= 4 is 29.8 Å². The maximum atomic E-state index is 11.9. The molecule has 166 valence electrons. The molecule has 0 atom stereocenters. The SMILES string of the molecule is Cc1ccc(SCCC(=O)N/N=C\c2ccc(OCC(=O)NCc3ccco3)cc2)cc1. The number of carbonyl (C=O) groups excluding carboxylic acids is 2. The van der Waals surface area contributed by atoms with E-state index in [1.165, 1.54) is 5.56 Å². The molecule has 8 heteroatoms. The lowest BCUT2D eigenvalue weighted by Gasteiger charge is -2.06. The summed E-state index contributed by atoms with van der Waals surface area (Å²) in [6.45, 7) is 2.27. The summed E-state index contributed by atoms with van der Waals surface area (Å²) in [4.78, 5) is 24.9. The molecule has 1 aromatic heterocycles. The fraction of sp³-hybridized carbons (Fsp3) is 0.208. The molecule has 3 rings (SSSR count). The van der Waals surface area contributed by atoms with Gasteiger partial charge < -0.3 is 14.5 Å². The highest BCUT2D eigenvalue weighted by Crippen LogP contribution is 2.18. The number of benzene rings is 2. The Labute approximate surface area is 191 Å². The van der Waals surface area contributed by atoms with Crippen LogP contribution in [0.25, 0.3) is 0 Å². The van der Waals surface area contributed by atoms with E-state index in [4.69, 9.17) is 9.15 Å². The molecule has 2 N–H and O–H groups in total. The van der Waals surface area contributed by atoms with Crippen LogP contribution in [0.5, 0.6) is 5.75 Å². The first-order chi connectivity index (χ1) is 15.6. The van der Waals surface area contributed by atoms with E-state index >= 15 is 0 Å². The molecule has 0 aliphatic heterocycles. The van der Waals surface area contributed by atoms with Crippen LogP contribution >= 0.6 is 11.8 Å². The molecule has 32 heavy (non-hydrogen) atoms. The highest BCUT2D eigenvalue weighted by atomic mass is 32.2. The van der Waals surface area contributed by atoms with E-state index in [2.05, 4.69) is 40.1 Å². The molecule has 2 amide bonds. The summed E-state index contributed by atoms with van der Waals surface area (Å²) in [5.74, 6) is 1.55. The van der Waals surface area contributed by atoms with Crippen LogP contribution in [-0.2, 0) is 16.1 Å². The predicted molar refractivity (Wildman–Crippen MR) is 125 cm³/mol. The van der Waals surface area contributed by atoms with Crippen LogP contribution in [-0.4, -0.2) is 30.4 Å². The van der Waals surface area contributed by atoms with Crippen molar-refractivity contribution in [3.05, 3.63) is 83.8 Å². The third kappa shape index (κ3) is 8.31. The number of nitrogens with zero attached hydrogens (tertiary/aromatic N) is 1. The van der Waals surface area contributed by atoms with E-state index in [9.17, 15) is 9.59 Å². The van der Waals surface area contributed by atoms with Crippen LogP contribution in [0.1, 0.15) is 23.3 Å². The van der Waals surface area contributed by atoms with Gasteiger partial charge in [0.15, 0.2) is 6.61 Å². The first-order valence-electron chi connectivity index (χ1n) is 10.1. The summed E-state index contributed by atoms with van der Waals surface area (Å²) < 4.78 is 10.6. The maximum Gasteiger partial charge on any atom is 0.258 e. The molecular formula is C24H25N3O4S. The molecule has 3 aromatic rings. The van der Waals surface area contributed by atoms with E-state index in [-0.39, 0.29) is 18.4 Å². The van der Waals surface area contributed by atoms with Gasteiger partial charge in [-0.3, -0.25) is 9.59 Å². The molecular weight excluding hydrogens is 426 g/mol. The number of aryl methyl sites for hydroxylation is 1. The molecule has 0 spiro atoms. The Morgan fingerprint density at radius 2 is 1.84 bits per heavy atom. The van der Waals surface area contributed by atoms with Crippen molar-refractivity contribution in [2.24, 2.45) is 5.10 Å². The zero-order valence-corrected chi connectivity index (χ0v) is 18.6. The Balaban J connectivity index is 1.32. The Morgan fingerprint density at radius 3 is 2.56 bits per heavy atom. The van der Waals surface area contributed by atoms with Crippen LogP contribution < -0.4 is 15.5 Å². The molecule has 0 saturated heterocycles.